The summed E-state index contributed by atoms with van der Waals surface area (Å²) in [5.41, 5.74) is 2.69. The zero-order valence-corrected chi connectivity index (χ0v) is 20.2. The average molecular weight is 483 g/mol. The molecule has 38 heavy (non-hydrogen) atoms. The minimum absolute atomic E-state index is 0.396. The lowest BCUT2D eigenvalue weighted by Gasteiger charge is -2.43. The van der Waals surface area contributed by atoms with E-state index in [2.05, 4.69) is 24.3 Å². The van der Waals surface area contributed by atoms with Gasteiger partial charge in [0.2, 0.25) is 0 Å². The number of benzene rings is 4. The molecule has 4 aromatic carbocycles. The summed E-state index contributed by atoms with van der Waals surface area (Å²) < 4.78 is 0. The summed E-state index contributed by atoms with van der Waals surface area (Å²) in [4.78, 5) is 0. The van der Waals surface area contributed by atoms with Crippen molar-refractivity contribution in [3.63, 3.8) is 0 Å². The van der Waals surface area contributed by atoms with Crippen LogP contribution in [0.3, 0.4) is 0 Å². The van der Waals surface area contributed by atoms with E-state index in [-0.39, 0.29) is 0 Å². The number of hydrogen-bond donors (Lipinski definition) is 0. The van der Waals surface area contributed by atoms with E-state index in [1.54, 1.807) is 12.1 Å². The van der Waals surface area contributed by atoms with Crippen LogP contribution in [-0.2, 0) is 10.8 Å². The minimum atomic E-state index is -1.75. The number of hydrogen-bond acceptors (Lipinski definition) is 4. The van der Waals surface area contributed by atoms with Gasteiger partial charge < -0.3 is 0 Å². The Balaban J connectivity index is 1.98. The fourth-order valence-corrected chi connectivity index (χ4v) is 5.92. The predicted molar refractivity (Wildman–Crippen MR) is 144 cm³/mol. The topological polar surface area (TPSA) is 95.2 Å². The van der Waals surface area contributed by atoms with Gasteiger partial charge in [-0.25, -0.2) is 0 Å². The van der Waals surface area contributed by atoms with E-state index in [0.29, 0.717) is 44.5 Å². The largest absolute Gasteiger partial charge is 0.196 e. The van der Waals surface area contributed by atoms with Crippen LogP contribution in [-0.4, -0.2) is 0 Å². The van der Waals surface area contributed by atoms with Gasteiger partial charge in [0.1, 0.15) is 0 Å². The van der Waals surface area contributed by atoms with E-state index >= 15 is 0 Å². The molecule has 0 spiro atoms. The minimum Gasteiger partial charge on any atom is -0.196 e. The summed E-state index contributed by atoms with van der Waals surface area (Å²) in [5, 5.41) is 43.3. The van der Waals surface area contributed by atoms with Gasteiger partial charge >= 0.3 is 0 Å². The first-order chi connectivity index (χ1) is 18.7. The van der Waals surface area contributed by atoms with Crippen LogP contribution in [0.25, 0.3) is 11.1 Å². The van der Waals surface area contributed by atoms with Gasteiger partial charge in [0, 0.05) is 11.1 Å². The normalized spacial score (nSPS) is 16.0. The lowest BCUT2D eigenvalue weighted by atomic mass is 9.53. The average Bonchev–Trinajstić information content (AvgIpc) is 3.00. The molecule has 0 saturated heterocycles. The van der Waals surface area contributed by atoms with Gasteiger partial charge in [-0.05, 0) is 44.5 Å². The molecular formula is C34H18N4. The molecule has 0 unspecified atom stereocenters. The highest BCUT2D eigenvalue weighted by molar-refractivity contribution is 6.03. The molecular weight excluding hydrogens is 464 g/mol. The summed E-state index contributed by atoms with van der Waals surface area (Å²) in [6.07, 6.45) is 0. The molecule has 0 fully saturated rings. The van der Waals surface area contributed by atoms with E-state index in [0.717, 1.165) is 11.1 Å². The third-order valence-corrected chi connectivity index (χ3v) is 7.50. The van der Waals surface area contributed by atoms with Crippen LogP contribution in [0.2, 0.25) is 0 Å². The fourth-order valence-electron chi connectivity index (χ4n) is 5.92. The van der Waals surface area contributed by atoms with Crippen molar-refractivity contribution in [1.29, 1.82) is 21.0 Å². The molecule has 0 aromatic heterocycles. The number of allylic oxidation sites excluding steroid dienone is 2. The Morgan fingerprint density at radius 3 is 1.05 bits per heavy atom. The highest BCUT2D eigenvalue weighted by atomic mass is 14.6. The van der Waals surface area contributed by atoms with Crippen molar-refractivity contribution < 1.29 is 0 Å². The van der Waals surface area contributed by atoms with E-state index in [1.807, 2.05) is 97.1 Å². The molecule has 0 aliphatic heterocycles. The third-order valence-electron chi connectivity index (χ3n) is 7.50. The van der Waals surface area contributed by atoms with Gasteiger partial charge in [0.25, 0.3) is 0 Å². The number of nitriles is 4. The molecule has 0 radical (unpaired) electrons. The SMILES string of the molecule is N#CC1(C#N)C2=C(c3ccccc3)c3ccccc3C(C#N)(C#N)C2=C(c2ccccc2)c2ccccc21. The molecule has 0 bridgehead atoms. The van der Waals surface area contributed by atoms with Crippen molar-refractivity contribution in [2.45, 2.75) is 10.8 Å². The number of nitrogens with zero attached hydrogens (tertiary/aromatic N) is 4. The Hall–Kier alpha value is -5.68. The standard InChI is InChI=1S/C34H18N4/c35-19-33(20-36)28-18-10-8-16-26(28)30(24-13-5-2-6-14-24)32-31(33)29(23-11-3-1-4-12-23)25-15-7-9-17-27(25)34(32,21-37)22-38/h1-18H. The maximum absolute atomic E-state index is 10.8. The van der Waals surface area contributed by atoms with Crippen molar-refractivity contribution >= 4 is 11.1 Å². The summed E-state index contributed by atoms with van der Waals surface area (Å²) in [7, 11) is 0. The van der Waals surface area contributed by atoms with E-state index in [1.165, 1.54) is 0 Å². The molecule has 0 heterocycles. The lowest BCUT2D eigenvalue weighted by Crippen LogP contribution is -2.42. The molecule has 0 N–H and O–H groups in total. The van der Waals surface area contributed by atoms with Crippen LogP contribution in [0.4, 0.5) is 0 Å². The van der Waals surface area contributed by atoms with Crippen LogP contribution in [0.1, 0.15) is 33.4 Å². The van der Waals surface area contributed by atoms with Gasteiger partial charge in [-0.1, -0.05) is 109 Å². The fraction of sp³-hybridized carbons (Fsp3) is 0.0588. The second-order valence-electron chi connectivity index (χ2n) is 9.27. The summed E-state index contributed by atoms with van der Waals surface area (Å²) in [6, 6.07) is 43.2. The van der Waals surface area contributed by atoms with Crippen LogP contribution in [0, 0.1) is 45.3 Å². The first kappa shape index (κ1) is 22.8. The molecule has 0 saturated carbocycles. The van der Waals surface area contributed by atoms with E-state index in [4.69, 9.17) is 0 Å². The zero-order chi connectivity index (χ0) is 26.3. The van der Waals surface area contributed by atoms with Crippen LogP contribution < -0.4 is 0 Å². The van der Waals surface area contributed by atoms with Gasteiger partial charge in [-0.2, -0.15) is 21.0 Å². The Morgan fingerprint density at radius 1 is 0.395 bits per heavy atom. The second kappa shape index (κ2) is 8.47. The van der Waals surface area contributed by atoms with Gasteiger partial charge in [0.15, 0.2) is 10.8 Å². The summed E-state index contributed by atoms with van der Waals surface area (Å²) in [5.74, 6) is 0. The molecule has 4 nitrogen and oxygen atoms in total. The number of rotatable bonds is 2. The molecule has 174 valence electrons. The zero-order valence-electron chi connectivity index (χ0n) is 20.2. The Bertz CT molecular complexity index is 1680. The molecule has 6 rings (SSSR count). The van der Waals surface area contributed by atoms with Crippen molar-refractivity contribution in [2.75, 3.05) is 0 Å². The van der Waals surface area contributed by atoms with Crippen molar-refractivity contribution in [3.8, 4) is 24.3 Å². The molecule has 2 aliphatic rings. The highest BCUT2D eigenvalue weighted by Gasteiger charge is 2.57. The number of fused-ring (bicyclic) bond motifs is 3. The monoisotopic (exact) mass is 482 g/mol. The van der Waals surface area contributed by atoms with E-state index < -0.39 is 10.8 Å². The van der Waals surface area contributed by atoms with Crippen LogP contribution in [0.15, 0.2) is 120 Å². The molecule has 0 atom stereocenters. The van der Waals surface area contributed by atoms with Crippen molar-refractivity contribution in [3.05, 3.63) is 154 Å². The summed E-state index contributed by atoms with van der Waals surface area (Å²) in [6.45, 7) is 0. The summed E-state index contributed by atoms with van der Waals surface area (Å²) >= 11 is 0. The molecule has 4 heteroatoms. The third kappa shape index (κ3) is 2.81. The van der Waals surface area contributed by atoms with Gasteiger partial charge in [0.05, 0.1) is 24.3 Å². The molecule has 0 amide bonds. The molecule has 4 aromatic rings. The smallest absolute Gasteiger partial charge is 0.195 e. The van der Waals surface area contributed by atoms with Crippen LogP contribution in [0.5, 0.6) is 0 Å². The Morgan fingerprint density at radius 2 is 0.711 bits per heavy atom. The lowest BCUT2D eigenvalue weighted by molar-refractivity contribution is 0.732. The van der Waals surface area contributed by atoms with Gasteiger partial charge in [-0.3, -0.25) is 0 Å². The Kier molecular flexibility index (Phi) is 5.07. The first-order valence-corrected chi connectivity index (χ1v) is 12.1. The predicted octanol–water partition coefficient (Wildman–Crippen LogP) is 6.59. The maximum atomic E-state index is 10.8. The maximum Gasteiger partial charge on any atom is 0.195 e. The highest BCUT2D eigenvalue weighted by Crippen LogP contribution is 2.60. The Labute approximate surface area is 220 Å². The van der Waals surface area contributed by atoms with Crippen molar-refractivity contribution in [1.82, 2.24) is 0 Å². The first-order valence-electron chi connectivity index (χ1n) is 12.1. The van der Waals surface area contributed by atoms with Gasteiger partial charge in [-0.15, -0.1) is 0 Å². The molecule has 2 aliphatic carbocycles. The van der Waals surface area contributed by atoms with E-state index in [9.17, 15) is 21.0 Å². The second-order valence-corrected chi connectivity index (χ2v) is 9.27. The van der Waals surface area contributed by atoms with Crippen molar-refractivity contribution in [2.24, 2.45) is 0 Å². The quantitative estimate of drug-likeness (QED) is 0.322. The van der Waals surface area contributed by atoms with Crippen LogP contribution >= 0.6 is 0 Å².